The van der Waals surface area contributed by atoms with Gasteiger partial charge >= 0.3 is 7.55 Å². The van der Waals surface area contributed by atoms with E-state index in [1.54, 1.807) is 0 Å². The van der Waals surface area contributed by atoms with Crippen LogP contribution in [0.5, 0.6) is 0 Å². The first-order valence-electron chi connectivity index (χ1n) is 7.61. The fourth-order valence-electron chi connectivity index (χ4n) is 2.91. The van der Waals surface area contributed by atoms with Gasteiger partial charge < -0.3 is 9.62 Å². The molecular formula is C18H16BIrN4. The number of hydrogen-bond acceptors (Lipinski definition) is 4. The van der Waals surface area contributed by atoms with Gasteiger partial charge in [0.25, 0.3) is 0 Å². The zero-order valence-electron chi connectivity index (χ0n) is 13.5. The summed E-state index contributed by atoms with van der Waals surface area (Å²) >= 11 is 0. The number of nitrogens with zero attached hydrogens (tertiary/aromatic N) is 4. The molecule has 24 heavy (non-hydrogen) atoms. The maximum atomic E-state index is 4.56. The van der Waals surface area contributed by atoms with Crippen LogP contribution < -0.4 is 9.62 Å². The Morgan fingerprint density at radius 3 is 1.58 bits per heavy atom. The van der Waals surface area contributed by atoms with Crippen LogP contribution in [-0.4, -0.2) is 17.5 Å². The summed E-state index contributed by atoms with van der Waals surface area (Å²) in [5.74, 6) is 1.88. The molecule has 0 unspecified atom stereocenters. The molecule has 1 aliphatic heterocycles. The van der Waals surface area contributed by atoms with Crippen LogP contribution in [0.2, 0.25) is 0 Å². The molecule has 2 radical (unpaired) electrons. The average molecular weight is 491 g/mol. The molecule has 0 saturated heterocycles. The molecule has 2 aromatic heterocycles. The van der Waals surface area contributed by atoms with Gasteiger partial charge in [-0.2, -0.15) is 0 Å². The second kappa shape index (κ2) is 6.75. The minimum Gasteiger partial charge on any atom is -0.351 e. The Bertz CT molecular complexity index is 800. The number of aromatic nitrogens is 2. The molecule has 4 nitrogen and oxygen atoms in total. The zero-order chi connectivity index (χ0) is 15.8. The van der Waals surface area contributed by atoms with Gasteiger partial charge in [-0.15, -0.1) is 0 Å². The number of para-hydroxylation sites is 2. The predicted octanol–water partition coefficient (Wildman–Crippen LogP) is 3.91. The maximum absolute atomic E-state index is 4.56. The summed E-state index contributed by atoms with van der Waals surface area (Å²) in [5.41, 5.74) is 4.50. The van der Waals surface area contributed by atoms with Crippen molar-refractivity contribution in [1.29, 1.82) is 0 Å². The number of benzene rings is 1. The van der Waals surface area contributed by atoms with Crippen molar-refractivity contribution in [2.45, 2.75) is 13.8 Å². The van der Waals surface area contributed by atoms with Crippen molar-refractivity contribution in [1.82, 2.24) is 9.97 Å². The first kappa shape index (κ1) is 16.7. The van der Waals surface area contributed by atoms with Gasteiger partial charge in [-0.25, -0.2) is 9.97 Å². The van der Waals surface area contributed by atoms with Crippen molar-refractivity contribution >= 4 is 30.6 Å². The van der Waals surface area contributed by atoms with E-state index in [-0.39, 0.29) is 20.1 Å². The van der Waals surface area contributed by atoms with E-state index in [0.29, 0.717) is 0 Å². The largest absolute Gasteiger partial charge is 0.403 e. The van der Waals surface area contributed by atoms with Crippen molar-refractivity contribution in [3.63, 3.8) is 0 Å². The third kappa shape index (κ3) is 2.72. The molecule has 3 aromatic rings. The fraction of sp³-hybridized carbons (Fsp3) is 0.111. The van der Waals surface area contributed by atoms with Gasteiger partial charge in [0.2, 0.25) is 0 Å². The van der Waals surface area contributed by atoms with Crippen LogP contribution in [0.3, 0.4) is 0 Å². The Morgan fingerprint density at radius 1 is 0.708 bits per heavy atom. The number of hydrogen-bond donors (Lipinski definition) is 0. The fourth-order valence-corrected chi connectivity index (χ4v) is 2.91. The number of aryl methyl sites for hydroxylation is 2. The van der Waals surface area contributed by atoms with Crippen molar-refractivity contribution < 1.29 is 20.1 Å². The van der Waals surface area contributed by atoms with Gasteiger partial charge in [0, 0.05) is 32.5 Å². The van der Waals surface area contributed by atoms with Gasteiger partial charge in [0.05, 0.1) is 11.4 Å². The Balaban J connectivity index is 0.00000169. The summed E-state index contributed by atoms with van der Waals surface area (Å²) in [6.07, 6.45) is 3.65. The molecule has 6 heteroatoms. The van der Waals surface area contributed by atoms with Gasteiger partial charge in [-0.3, -0.25) is 0 Å². The number of fused-ring (bicyclic) bond motifs is 1. The van der Waals surface area contributed by atoms with Gasteiger partial charge in [0.1, 0.15) is 11.6 Å². The molecule has 4 rings (SSSR count). The van der Waals surface area contributed by atoms with E-state index in [1.807, 2.05) is 36.7 Å². The third-order valence-corrected chi connectivity index (χ3v) is 4.05. The Morgan fingerprint density at radius 2 is 1.17 bits per heavy atom. The second-order valence-corrected chi connectivity index (χ2v) is 5.63. The second-order valence-electron chi connectivity index (χ2n) is 5.63. The molecule has 0 spiro atoms. The first-order valence-corrected chi connectivity index (χ1v) is 7.61. The van der Waals surface area contributed by atoms with Crippen molar-refractivity contribution in [3.05, 3.63) is 72.1 Å². The molecular weight excluding hydrogens is 475 g/mol. The summed E-state index contributed by atoms with van der Waals surface area (Å²) in [5, 5.41) is 0. The Hall–Kier alpha value is -2.17. The molecule has 0 saturated carbocycles. The molecule has 0 fully saturated rings. The third-order valence-electron chi connectivity index (χ3n) is 4.05. The van der Waals surface area contributed by atoms with Crippen LogP contribution in [0.25, 0.3) is 0 Å². The van der Waals surface area contributed by atoms with Crippen molar-refractivity contribution in [3.8, 4) is 0 Å². The Kier molecular flexibility index (Phi) is 4.70. The standard InChI is InChI=1S/C18H16BN4.Ir/c1-13-7-5-11-20-17(13)22-15-9-3-4-10-16(15)23(19-22)18-14(2)8-6-12-21-18;/h3-12H,1-2H3;. The Labute approximate surface area is 156 Å². The molecule has 3 heterocycles. The van der Waals surface area contributed by atoms with Crippen LogP contribution in [0.15, 0.2) is 60.9 Å². The monoisotopic (exact) mass is 492 g/mol. The summed E-state index contributed by atoms with van der Waals surface area (Å²) in [6.45, 7) is 4.15. The van der Waals surface area contributed by atoms with Crippen LogP contribution in [-0.2, 0) is 20.1 Å². The van der Waals surface area contributed by atoms with Crippen LogP contribution in [0.1, 0.15) is 11.1 Å². The van der Waals surface area contributed by atoms with Gasteiger partial charge in [-0.05, 0) is 49.2 Å². The van der Waals surface area contributed by atoms with Crippen LogP contribution in [0, 0.1) is 13.8 Å². The smallest absolute Gasteiger partial charge is 0.351 e. The van der Waals surface area contributed by atoms with Gasteiger partial charge in [0.15, 0.2) is 0 Å². The maximum Gasteiger partial charge on any atom is 0.403 e. The average Bonchev–Trinajstić information content (AvgIpc) is 2.95. The number of anilines is 4. The van der Waals surface area contributed by atoms with E-state index in [1.165, 1.54) is 0 Å². The minimum atomic E-state index is 0. The molecule has 120 valence electrons. The molecule has 0 amide bonds. The van der Waals surface area contributed by atoms with E-state index in [4.69, 9.17) is 0 Å². The van der Waals surface area contributed by atoms with Crippen LogP contribution in [0.4, 0.5) is 23.0 Å². The molecule has 1 aliphatic rings. The number of pyridine rings is 2. The van der Waals surface area contributed by atoms with Gasteiger partial charge in [-0.1, -0.05) is 24.3 Å². The van der Waals surface area contributed by atoms with E-state index in [9.17, 15) is 0 Å². The molecule has 1 aromatic carbocycles. The molecule has 0 bridgehead atoms. The SMILES string of the molecule is Cc1cccnc1N1[B]N(c2ncccc2C)c2ccccc21.[Ir]. The van der Waals surface area contributed by atoms with Crippen molar-refractivity contribution in [2.24, 2.45) is 0 Å². The summed E-state index contributed by atoms with van der Waals surface area (Å²) in [7, 11) is 2.06. The predicted molar refractivity (Wildman–Crippen MR) is 94.4 cm³/mol. The van der Waals surface area contributed by atoms with E-state index >= 15 is 0 Å². The molecule has 0 aliphatic carbocycles. The minimum absolute atomic E-state index is 0. The normalized spacial score (nSPS) is 12.4. The quantitative estimate of drug-likeness (QED) is 0.509. The first-order chi connectivity index (χ1) is 11.3. The van der Waals surface area contributed by atoms with E-state index < -0.39 is 0 Å². The van der Waals surface area contributed by atoms with Crippen molar-refractivity contribution in [2.75, 3.05) is 9.62 Å². The summed E-state index contributed by atoms with van der Waals surface area (Å²) in [6, 6.07) is 16.4. The molecule has 0 N–H and O–H groups in total. The summed E-state index contributed by atoms with van der Waals surface area (Å²) in [4.78, 5) is 13.4. The van der Waals surface area contributed by atoms with E-state index in [0.717, 1.165) is 34.1 Å². The van der Waals surface area contributed by atoms with E-state index in [2.05, 4.69) is 65.3 Å². The zero-order valence-corrected chi connectivity index (χ0v) is 15.9. The van der Waals surface area contributed by atoms with Crippen LogP contribution >= 0.6 is 0 Å². The molecule has 0 atom stereocenters. The topological polar surface area (TPSA) is 32.3 Å². The number of rotatable bonds is 2. The summed E-state index contributed by atoms with van der Waals surface area (Å²) < 4.78 is 0.